The molecule has 0 spiro atoms. The lowest BCUT2D eigenvalue weighted by Gasteiger charge is -2.07. The average molecular weight is 312 g/mol. The van der Waals surface area contributed by atoms with Crippen molar-refractivity contribution in [3.05, 3.63) is 35.9 Å². The summed E-state index contributed by atoms with van der Waals surface area (Å²) in [6.07, 6.45) is 3.08. The van der Waals surface area contributed by atoms with Gasteiger partial charge in [0.2, 0.25) is 0 Å². The highest BCUT2D eigenvalue weighted by Crippen LogP contribution is 2.27. The largest absolute Gasteiger partial charge is 0.377 e. The van der Waals surface area contributed by atoms with E-state index in [4.69, 9.17) is 38.0 Å². The van der Waals surface area contributed by atoms with Crippen LogP contribution in [0, 0.1) is 0 Å². The maximum Gasteiger partial charge on any atom is 0.341 e. The van der Waals surface area contributed by atoms with E-state index in [2.05, 4.69) is 12.1 Å². The predicted octanol–water partition coefficient (Wildman–Crippen LogP) is 5.03. The van der Waals surface area contributed by atoms with Crippen molar-refractivity contribution in [3.8, 4) is 0 Å². The molecule has 0 N–H and O–H groups in total. The van der Waals surface area contributed by atoms with Crippen molar-refractivity contribution in [2.75, 3.05) is 6.61 Å². The van der Waals surface area contributed by atoms with Gasteiger partial charge in [0, 0.05) is 6.61 Å². The Morgan fingerprint density at radius 3 is 2.29 bits per heavy atom. The molecule has 0 radical (unpaired) electrons. The normalized spacial score (nSPS) is 11.7. The summed E-state index contributed by atoms with van der Waals surface area (Å²) >= 11 is 17.4. The van der Waals surface area contributed by atoms with Crippen LogP contribution >= 0.6 is 33.2 Å². The molecule has 0 saturated heterocycles. The van der Waals surface area contributed by atoms with E-state index in [9.17, 15) is 0 Å². The number of hydrogen-bond acceptors (Lipinski definition) is 1. The molecule has 1 nitrogen and oxygen atoms in total. The van der Waals surface area contributed by atoms with Crippen molar-refractivity contribution in [3.63, 3.8) is 0 Å². The van der Waals surface area contributed by atoms with Crippen LogP contribution in [0.25, 0.3) is 0 Å². The SMILES string of the molecule is Cl[Si](Cl)(Cl)CCCCCOCc1ccccc1. The molecule has 0 aromatic heterocycles. The minimum Gasteiger partial charge on any atom is -0.377 e. The van der Waals surface area contributed by atoms with Gasteiger partial charge in [0.25, 0.3) is 0 Å². The van der Waals surface area contributed by atoms with Crippen molar-refractivity contribution in [2.45, 2.75) is 31.9 Å². The van der Waals surface area contributed by atoms with Crippen LogP contribution in [0.1, 0.15) is 24.8 Å². The summed E-state index contributed by atoms with van der Waals surface area (Å²) in [5, 5.41) is 0. The Morgan fingerprint density at radius 1 is 0.941 bits per heavy atom. The minimum absolute atomic E-state index is 0.681. The molecular weight excluding hydrogens is 295 g/mol. The Bertz CT molecular complexity index is 300. The Balaban J connectivity index is 1.95. The lowest BCUT2D eigenvalue weighted by Crippen LogP contribution is -2.07. The summed E-state index contributed by atoms with van der Waals surface area (Å²) in [4.78, 5) is 0. The standard InChI is InChI=1S/C12H17Cl3OSi/c13-17(14,15)10-6-2-5-9-16-11-12-7-3-1-4-8-12/h1,3-4,7-8H,2,5-6,9-11H2. The highest BCUT2D eigenvalue weighted by Gasteiger charge is 2.23. The molecule has 17 heavy (non-hydrogen) atoms. The van der Waals surface area contributed by atoms with E-state index >= 15 is 0 Å². The van der Waals surface area contributed by atoms with Gasteiger partial charge in [-0.1, -0.05) is 43.2 Å². The first-order valence-corrected chi connectivity index (χ1v) is 11.0. The molecule has 0 bridgehead atoms. The molecule has 96 valence electrons. The second kappa shape index (κ2) is 8.38. The zero-order chi connectivity index (χ0) is 12.6. The van der Waals surface area contributed by atoms with Gasteiger partial charge in [-0.2, -0.15) is 0 Å². The number of benzene rings is 1. The van der Waals surface area contributed by atoms with Gasteiger partial charge >= 0.3 is 6.00 Å². The molecule has 1 rings (SSSR count). The van der Waals surface area contributed by atoms with Crippen LogP contribution in [0.3, 0.4) is 0 Å². The summed E-state index contributed by atoms with van der Waals surface area (Å²) in [6.45, 7) is 1.45. The second-order valence-electron chi connectivity index (χ2n) is 3.96. The Hall–Kier alpha value is 0.267. The molecule has 0 fully saturated rings. The van der Waals surface area contributed by atoms with Crippen molar-refractivity contribution < 1.29 is 4.74 Å². The Morgan fingerprint density at radius 2 is 1.65 bits per heavy atom. The summed E-state index contributed by atoms with van der Waals surface area (Å²) in [6, 6.07) is 8.51. The number of unbranched alkanes of at least 4 members (excludes halogenated alkanes) is 2. The molecule has 5 heteroatoms. The smallest absolute Gasteiger partial charge is 0.341 e. The van der Waals surface area contributed by atoms with E-state index in [1.54, 1.807) is 0 Å². The summed E-state index contributed by atoms with van der Waals surface area (Å²) in [5.41, 5.74) is 1.21. The topological polar surface area (TPSA) is 9.23 Å². The van der Waals surface area contributed by atoms with Crippen LogP contribution < -0.4 is 0 Å². The van der Waals surface area contributed by atoms with E-state index in [1.807, 2.05) is 18.2 Å². The van der Waals surface area contributed by atoms with Crippen molar-refractivity contribution >= 4 is 39.2 Å². The van der Waals surface area contributed by atoms with Gasteiger partial charge in [-0.3, -0.25) is 0 Å². The Labute approximate surface area is 118 Å². The molecule has 0 atom stereocenters. The molecule has 1 aromatic rings. The highest BCUT2D eigenvalue weighted by atomic mass is 35.8. The number of halogens is 3. The third kappa shape index (κ3) is 8.92. The van der Waals surface area contributed by atoms with Crippen molar-refractivity contribution in [1.82, 2.24) is 0 Å². The van der Waals surface area contributed by atoms with E-state index in [1.165, 1.54) is 5.56 Å². The van der Waals surface area contributed by atoms with Crippen molar-refractivity contribution in [1.29, 1.82) is 0 Å². The summed E-state index contributed by atoms with van der Waals surface area (Å²) in [5.74, 6) is 0. The van der Waals surface area contributed by atoms with Crippen LogP contribution in [0.4, 0.5) is 0 Å². The van der Waals surface area contributed by atoms with Gasteiger partial charge in [0.15, 0.2) is 0 Å². The van der Waals surface area contributed by atoms with Gasteiger partial charge < -0.3 is 4.74 Å². The van der Waals surface area contributed by atoms with E-state index in [0.29, 0.717) is 6.61 Å². The van der Waals surface area contributed by atoms with Crippen LogP contribution in [0.5, 0.6) is 0 Å². The van der Waals surface area contributed by atoms with E-state index < -0.39 is 6.00 Å². The number of hydrogen-bond donors (Lipinski definition) is 0. The summed E-state index contributed by atoms with van der Waals surface area (Å²) < 4.78 is 5.56. The maximum atomic E-state index is 5.79. The zero-order valence-electron chi connectivity index (χ0n) is 9.67. The van der Waals surface area contributed by atoms with Gasteiger partial charge in [-0.25, -0.2) is 0 Å². The Kier molecular flexibility index (Phi) is 7.56. The highest BCUT2D eigenvalue weighted by molar-refractivity contribution is 7.64. The quantitative estimate of drug-likeness (QED) is 0.372. The van der Waals surface area contributed by atoms with Crippen molar-refractivity contribution in [2.24, 2.45) is 0 Å². The first-order valence-electron chi connectivity index (χ1n) is 5.76. The van der Waals surface area contributed by atoms with E-state index in [0.717, 1.165) is 31.9 Å². The minimum atomic E-state index is -2.40. The zero-order valence-corrected chi connectivity index (χ0v) is 12.9. The summed E-state index contributed by atoms with van der Waals surface area (Å²) in [7, 11) is 0. The van der Waals surface area contributed by atoms with Gasteiger partial charge in [-0.05, 0) is 18.0 Å². The van der Waals surface area contributed by atoms with Crippen LogP contribution in [-0.2, 0) is 11.3 Å². The third-order valence-electron chi connectivity index (χ3n) is 2.36. The lowest BCUT2D eigenvalue weighted by atomic mass is 10.2. The third-order valence-corrected chi connectivity index (χ3v) is 4.98. The molecule has 0 unspecified atom stereocenters. The molecule has 0 aliphatic heterocycles. The van der Waals surface area contributed by atoms with Gasteiger partial charge in [-0.15, -0.1) is 33.2 Å². The molecule has 0 heterocycles. The fourth-order valence-corrected chi connectivity index (χ4v) is 3.32. The molecule has 0 amide bonds. The predicted molar refractivity (Wildman–Crippen MR) is 78.1 cm³/mol. The molecule has 1 aromatic carbocycles. The number of ether oxygens (including phenoxy) is 1. The average Bonchev–Trinajstić information content (AvgIpc) is 2.28. The first-order chi connectivity index (χ1) is 8.08. The second-order valence-corrected chi connectivity index (χ2v) is 13.2. The van der Waals surface area contributed by atoms with Gasteiger partial charge in [0.05, 0.1) is 6.61 Å². The maximum absolute atomic E-state index is 5.79. The fourth-order valence-electron chi connectivity index (χ4n) is 1.47. The molecular formula is C12H17Cl3OSi. The van der Waals surface area contributed by atoms with Crippen LogP contribution in [0.15, 0.2) is 30.3 Å². The van der Waals surface area contributed by atoms with Gasteiger partial charge in [0.1, 0.15) is 0 Å². The lowest BCUT2D eigenvalue weighted by molar-refractivity contribution is 0.117. The first kappa shape index (κ1) is 15.3. The molecule has 0 aliphatic rings. The fraction of sp³-hybridized carbons (Fsp3) is 0.500. The monoisotopic (exact) mass is 310 g/mol. The number of rotatable bonds is 8. The van der Waals surface area contributed by atoms with Crippen LogP contribution in [-0.4, -0.2) is 12.6 Å². The van der Waals surface area contributed by atoms with E-state index in [-0.39, 0.29) is 0 Å². The van der Waals surface area contributed by atoms with Crippen LogP contribution in [0.2, 0.25) is 6.04 Å². The molecule has 0 aliphatic carbocycles. The molecule has 0 saturated carbocycles.